The molecule has 2 atom stereocenters. The Kier molecular flexibility index (Phi) is 13.9. The van der Waals surface area contributed by atoms with Gasteiger partial charge in [0.05, 0.1) is 31.5 Å². The normalized spacial score (nSPS) is 17.4. The van der Waals surface area contributed by atoms with Gasteiger partial charge in [-0.05, 0) is 0 Å². The van der Waals surface area contributed by atoms with Crippen LogP contribution in [-0.4, -0.2) is 98.7 Å². The third-order valence-corrected chi connectivity index (χ3v) is 4.84. The van der Waals surface area contributed by atoms with Crippen molar-refractivity contribution in [1.29, 1.82) is 0 Å². The van der Waals surface area contributed by atoms with E-state index in [4.69, 9.17) is 9.66 Å². The molecule has 0 aliphatic carbocycles. The molecule has 2 N–H and O–H groups in total. The molecule has 0 aromatic carbocycles. The first-order chi connectivity index (χ1) is 15.7. The predicted molar refractivity (Wildman–Crippen MR) is 94.3 cm³/mol. The topological polar surface area (TPSA) is 93.1 Å². The van der Waals surface area contributed by atoms with E-state index in [-0.39, 0.29) is 0 Å². The zero-order valence-corrected chi connectivity index (χ0v) is 19.6. The van der Waals surface area contributed by atoms with Crippen molar-refractivity contribution >= 4 is 26.0 Å². The molecule has 36 heavy (non-hydrogen) atoms. The van der Waals surface area contributed by atoms with Crippen LogP contribution in [0.25, 0.3) is 0 Å². The molecule has 22 heteroatoms. The smallest absolute Gasteiger partial charge is 0.396 e. The molecule has 0 saturated heterocycles. The predicted octanol–water partition coefficient (Wildman–Crippen LogP) is 4.56. The Hall–Kier alpha value is -0.710. The van der Waals surface area contributed by atoms with E-state index in [0.717, 1.165) is 0 Å². The number of aliphatic hydroxyl groups is 1. The van der Waals surface area contributed by atoms with Crippen molar-refractivity contribution in [3.05, 3.63) is 0 Å². The van der Waals surface area contributed by atoms with Crippen LogP contribution < -0.4 is 0 Å². The third kappa shape index (κ3) is 10.6. The third-order valence-electron chi connectivity index (χ3n) is 3.65. The van der Waals surface area contributed by atoms with Crippen molar-refractivity contribution in [2.24, 2.45) is 5.41 Å². The van der Waals surface area contributed by atoms with Crippen LogP contribution in [0.3, 0.4) is 0 Å². The highest BCUT2D eigenvalue weighted by atomic mass is 79.9. The van der Waals surface area contributed by atoms with Gasteiger partial charge in [-0.1, -0.05) is 15.9 Å². The number of ether oxygens (including phenoxy) is 2. The maximum absolute atomic E-state index is 13.4. The second-order valence-electron chi connectivity index (χ2n) is 6.85. The first-order valence-electron chi connectivity index (χ1n) is 8.47. The number of rotatable bonds is 14. The van der Waals surface area contributed by atoms with Crippen molar-refractivity contribution in [1.82, 2.24) is 0 Å². The zero-order valence-electron chi connectivity index (χ0n) is 17.2. The SMILES string of the molecule is CS(=O)(=O)O.OCC(CBr)(COC(F)(F)C(F)(F)C(F)C(F)F)COC(F)(F)C(F)(F)C(F)C(F)F. The Labute approximate surface area is 201 Å². The first-order valence-corrected chi connectivity index (χ1v) is 11.4. The Morgan fingerprint density at radius 1 is 0.750 bits per heavy atom. The maximum Gasteiger partial charge on any atom is 0.422 e. The summed E-state index contributed by atoms with van der Waals surface area (Å²) in [5, 5.41) is 8.12. The molecule has 0 aromatic rings. The van der Waals surface area contributed by atoms with Gasteiger partial charge in [-0.3, -0.25) is 4.55 Å². The van der Waals surface area contributed by atoms with Crippen LogP contribution >= 0.6 is 15.9 Å². The number of alkyl halides is 15. The molecule has 0 saturated carbocycles. The molecule has 220 valence electrons. The molecular formula is C14H17BrF14O6S. The van der Waals surface area contributed by atoms with Gasteiger partial charge < -0.3 is 14.6 Å². The summed E-state index contributed by atoms with van der Waals surface area (Å²) in [5.41, 5.74) is -2.73. The van der Waals surface area contributed by atoms with E-state index < -0.39 is 89.9 Å². The first kappa shape index (κ1) is 37.4. The summed E-state index contributed by atoms with van der Waals surface area (Å²) < 4.78 is 212. The quantitative estimate of drug-likeness (QED) is 0.162. The van der Waals surface area contributed by atoms with E-state index in [1.165, 1.54) is 0 Å². The average molecular weight is 659 g/mol. The second kappa shape index (κ2) is 13.4. The minimum Gasteiger partial charge on any atom is -0.396 e. The fourth-order valence-electron chi connectivity index (χ4n) is 1.57. The van der Waals surface area contributed by atoms with Crippen LogP contribution in [-0.2, 0) is 19.6 Å². The summed E-state index contributed by atoms with van der Waals surface area (Å²) in [6, 6.07) is 0. The van der Waals surface area contributed by atoms with Crippen molar-refractivity contribution in [2.45, 2.75) is 49.3 Å². The van der Waals surface area contributed by atoms with Crippen molar-refractivity contribution < 1.29 is 89.0 Å². The van der Waals surface area contributed by atoms with E-state index in [0.29, 0.717) is 6.26 Å². The number of hydrogen-bond donors (Lipinski definition) is 2. The number of halogens is 15. The van der Waals surface area contributed by atoms with Gasteiger partial charge in [-0.25, -0.2) is 26.3 Å². The summed E-state index contributed by atoms with van der Waals surface area (Å²) in [6.07, 6.45) is -30.0. The van der Waals surface area contributed by atoms with Crippen LogP contribution in [0.1, 0.15) is 0 Å². The van der Waals surface area contributed by atoms with Crippen LogP contribution in [0, 0.1) is 5.41 Å². The van der Waals surface area contributed by atoms with Gasteiger partial charge in [-0.2, -0.15) is 43.5 Å². The second-order valence-corrected chi connectivity index (χ2v) is 8.88. The molecule has 6 nitrogen and oxygen atoms in total. The van der Waals surface area contributed by atoms with Crippen molar-refractivity contribution in [3.63, 3.8) is 0 Å². The van der Waals surface area contributed by atoms with Crippen LogP contribution in [0.2, 0.25) is 0 Å². The molecule has 0 rings (SSSR count). The zero-order chi connectivity index (χ0) is 29.6. The molecule has 0 heterocycles. The highest BCUT2D eigenvalue weighted by Crippen LogP contribution is 2.44. The van der Waals surface area contributed by atoms with Crippen LogP contribution in [0.15, 0.2) is 0 Å². The van der Waals surface area contributed by atoms with Crippen LogP contribution in [0.4, 0.5) is 61.5 Å². The van der Waals surface area contributed by atoms with Gasteiger partial charge in [0.2, 0.25) is 12.3 Å². The minimum absolute atomic E-state index is 0.715. The van der Waals surface area contributed by atoms with E-state index in [2.05, 4.69) is 25.4 Å². The monoisotopic (exact) mass is 658 g/mol. The van der Waals surface area contributed by atoms with E-state index in [1.54, 1.807) is 0 Å². The van der Waals surface area contributed by atoms with E-state index in [1.807, 2.05) is 0 Å². The molecule has 0 fully saturated rings. The van der Waals surface area contributed by atoms with Gasteiger partial charge >= 0.3 is 24.1 Å². The largest absolute Gasteiger partial charge is 0.422 e. The molecule has 0 bridgehead atoms. The molecule has 0 spiro atoms. The Morgan fingerprint density at radius 3 is 1.17 bits per heavy atom. The van der Waals surface area contributed by atoms with Gasteiger partial charge in [0, 0.05) is 5.33 Å². The Bertz CT molecular complexity index is 713. The van der Waals surface area contributed by atoms with Crippen molar-refractivity contribution in [3.8, 4) is 0 Å². The van der Waals surface area contributed by atoms with E-state index >= 15 is 0 Å². The average Bonchev–Trinajstić information content (AvgIpc) is 2.71. The van der Waals surface area contributed by atoms with Gasteiger partial charge in [0.25, 0.3) is 23.0 Å². The van der Waals surface area contributed by atoms with Gasteiger partial charge in [0.15, 0.2) is 0 Å². The standard InChI is InChI=1S/C13H13BrF14O3.CH4O3S/c14-1-9(2-29,3-30-12(25,26)10(21,22)5(15)7(17)18)4-31-13(27,28)11(23,24)6(16)8(19)20;1-5(2,3)4/h5-8,29H,1-4H2;1H3,(H,2,3,4). The fourth-order valence-corrected chi connectivity index (χ4v) is 2.07. The van der Waals surface area contributed by atoms with Gasteiger partial charge in [-0.15, -0.1) is 0 Å². The van der Waals surface area contributed by atoms with Gasteiger partial charge in [0.1, 0.15) is 0 Å². The number of aliphatic hydroxyl groups excluding tert-OH is 1. The lowest BCUT2D eigenvalue weighted by Gasteiger charge is -2.36. The summed E-state index contributed by atoms with van der Waals surface area (Å²) >= 11 is 2.40. The molecule has 0 radical (unpaired) electrons. The molecular weight excluding hydrogens is 642 g/mol. The Morgan fingerprint density at radius 2 is 1.00 bits per heavy atom. The highest BCUT2D eigenvalue weighted by Gasteiger charge is 2.68. The molecule has 0 aliphatic rings. The molecule has 0 aliphatic heterocycles. The highest BCUT2D eigenvalue weighted by molar-refractivity contribution is 9.09. The Balaban J connectivity index is 0. The number of hydrogen-bond acceptors (Lipinski definition) is 5. The molecule has 0 aromatic heterocycles. The van der Waals surface area contributed by atoms with Crippen LogP contribution in [0.5, 0.6) is 0 Å². The summed E-state index contributed by atoms with van der Waals surface area (Å²) in [5.74, 6) is -12.3. The lowest BCUT2D eigenvalue weighted by atomic mass is 9.94. The fraction of sp³-hybridized carbons (Fsp3) is 1.00. The van der Waals surface area contributed by atoms with Crippen molar-refractivity contribution in [2.75, 3.05) is 31.4 Å². The summed E-state index contributed by atoms with van der Waals surface area (Å²) in [4.78, 5) is 0. The molecule has 0 amide bonds. The lowest BCUT2D eigenvalue weighted by Crippen LogP contribution is -2.55. The minimum atomic E-state index is -6.16. The van der Waals surface area contributed by atoms with E-state index in [9.17, 15) is 69.9 Å². The summed E-state index contributed by atoms with van der Waals surface area (Å²) in [7, 11) is -3.67. The summed E-state index contributed by atoms with van der Waals surface area (Å²) in [6.45, 7) is -5.64. The maximum atomic E-state index is 13.4. The molecule has 2 unspecified atom stereocenters. The lowest BCUT2D eigenvalue weighted by molar-refractivity contribution is -0.388.